The summed E-state index contributed by atoms with van der Waals surface area (Å²) in [6, 6.07) is 0.395. The lowest BCUT2D eigenvalue weighted by molar-refractivity contribution is 0.517. The van der Waals surface area contributed by atoms with Gasteiger partial charge in [0.2, 0.25) is 0 Å². The Morgan fingerprint density at radius 3 is 2.71 bits per heavy atom. The summed E-state index contributed by atoms with van der Waals surface area (Å²) in [6.07, 6.45) is 2.55. The minimum Gasteiger partial charge on any atom is -0.343 e. The maximum Gasteiger partial charge on any atom is 0.186 e. The van der Waals surface area contributed by atoms with Gasteiger partial charge in [0.15, 0.2) is 5.13 Å². The van der Waals surface area contributed by atoms with Crippen LogP contribution >= 0.6 is 11.3 Å². The van der Waals surface area contributed by atoms with Crippen molar-refractivity contribution in [2.45, 2.75) is 52.1 Å². The number of aromatic nitrogens is 1. The van der Waals surface area contributed by atoms with Crippen LogP contribution in [0.2, 0.25) is 0 Å². The number of nitrogens with zero attached hydrogens (tertiary/aromatic N) is 2. The molecule has 0 radical (unpaired) electrons. The van der Waals surface area contributed by atoms with E-state index >= 15 is 0 Å². The average Bonchev–Trinajstić information content (AvgIpc) is 2.80. The Morgan fingerprint density at radius 1 is 1.47 bits per heavy atom. The van der Waals surface area contributed by atoms with Crippen molar-refractivity contribution in [1.29, 1.82) is 0 Å². The lowest BCUT2D eigenvalue weighted by Crippen LogP contribution is -2.38. The molecule has 0 aromatic carbocycles. The van der Waals surface area contributed by atoms with Crippen LogP contribution in [0.5, 0.6) is 0 Å². The molecule has 0 spiro atoms. The van der Waals surface area contributed by atoms with Gasteiger partial charge in [-0.2, -0.15) is 0 Å². The fourth-order valence-corrected chi connectivity index (χ4v) is 3.82. The number of aryl methyl sites for hydroxylation is 1. The highest BCUT2D eigenvalue weighted by Gasteiger charge is 2.34. The lowest BCUT2D eigenvalue weighted by atomic mass is 10.0. The second-order valence-corrected chi connectivity index (χ2v) is 6.53. The number of anilines is 1. The van der Waals surface area contributed by atoms with Crippen LogP contribution in [-0.4, -0.2) is 24.1 Å². The molecule has 1 aliphatic rings. The zero-order valence-electron chi connectivity index (χ0n) is 11.5. The van der Waals surface area contributed by atoms with E-state index in [0.29, 0.717) is 6.04 Å². The molecule has 2 heterocycles. The molecule has 1 saturated heterocycles. The quantitative estimate of drug-likeness (QED) is 0.897. The third-order valence-corrected chi connectivity index (χ3v) is 5.14. The highest BCUT2D eigenvalue weighted by Crippen LogP contribution is 2.38. The van der Waals surface area contributed by atoms with Crippen LogP contribution in [0.15, 0.2) is 0 Å². The molecule has 1 atom stereocenters. The van der Waals surface area contributed by atoms with Gasteiger partial charge in [-0.05, 0) is 47.6 Å². The van der Waals surface area contributed by atoms with Gasteiger partial charge in [0.05, 0.1) is 5.69 Å². The minimum absolute atomic E-state index is 0.268. The highest BCUT2D eigenvalue weighted by molar-refractivity contribution is 7.15. The maximum absolute atomic E-state index is 4.76. The smallest absolute Gasteiger partial charge is 0.186 e. The number of hydrogen-bond donors (Lipinski definition) is 1. The van der Waals surface area contributed by atoms with Crippen molar-refractivity contribution < 1.29 is 0 Å². The van der Waals surface area contributed by atoms with E-state index in [2.05, 4.69) is 37.9 Å². The van der Waals surface area contributed by atoms with Crippen LogP contribution in [-0.2, 0) is 0 Å². The predicted molar refractivity (Wildman–Crippen MR) is 75.0 cm³/mol. The molecule has 0 amide bonds. The Morgan fingerprint density at radius 2 is 2.18 bits per heavy atom. The molecular formula is C13H23N3S. The van der Waals surface area contributed by atoms with Crippen molar-refractivity contribution in [1.82, 2.24) is 10.3 Å². The van der Waals surface area contributed by atoms with E-state index < -0.39 is 0 Å². The normalized spacial score (nSPS) is 20.9. The van der Waals surface area contributed by atoms with Crippen molar-refractivity contribution in [2.24, 2.45) is 0 Å². The van der Waals surface area contributed by atoms with E-state index in [1.165, 1.54) is 28.5 Å². The molecule has 0 aliphatic carbocycles. The van der Waals surface area contributed by atoms with E-state index in [-0.39, 0.29) is 5.54 Å². The first kappa shape index (κ1) is 12.8. The van der Waals surface area contributed by atoms with Crippen molar-refractivity contribution in [2.75, 3.05) is 18.5 Å². The fourth-order valence-electron chi connectivity index (χ4n) is 2.50. The minimum atomic E-state index is 0.268. The maximum atomic E-state index is 4.76. The first-order valence-corrected chi connectivity index (χ1v) is 7.19. The zero-order valence-corrected chi connectivity index (χ0v) is 12.3. The summed E-state index contributed by atoms with van der Waals surface area (Å²) in [5, 5.41) is 4.49. The second-order valence-electron chi connectivity index (χ2n) is 5.52. The van der Waals surface area contributed by atoms with Gasteiger partial charge in [-0.25, -0.2) is 4.98 Å². The molecule has 1 unspecified atom stereocenters. The molecule has 96 valence electrons. The van der Waals surface area contributed by atoms with Gasteiger partial charge in [-0.15, -0.1) is 0 Å². The van der Waals surface area contributed by atoms with Gasteiger partial charge in [-0.1, -0.05) is 11.3 Å². The third-order valence-electron chi connectivity index (χ3n) is 3.78. The second kappa shape index (κ2) is 4.58. The summed E-state index contributed by atoms with van der Waals surface area (Å²) >= 11 is 1.84. The van der Waals surface area contributed by atoms with Crippen molar-refractivity contribution in [3.63, 3.8) is 0 Å². The molecule has 4 heteroatoms. The van der Waals surface area contributed by atoms with Crippen molar-refractivity contribution in [3.8, 4) is 0 Å². The van der Waals surface area contributed by atoms with Crippen LogP contribution in [0.25, 0.3) is 0 Å². The van der Waals surface area contributed by atoms with Crippen LogP contribution in [0.4, 0.5) is 5.13 Å². The molecule has 1 aliphatic heterocycles. The highest BCUT2D eigenvalue weighted by atomic mass is 32.1. The first-order valence-electron chi connectivity index (χ1n) is 6.38. The molecular weight excluding hydrogens is 230 g/mol. The standard InChI is InChI=1S/C13H23N3S/c1-9(14-5)11-10(2)15-12(17-11)16-8-6-7-13(16,3)4/h9,14H,6-8H2,1-5H3. The predicted octanol–water partition coefficient (Wildman–Crippen LogP) is 3.11. The van der Waals surface area contributed by atoms with Crippen LogP contribution in [0.1, 0.15) is 50.2 Å². The molecule has 1 aromatic heterocycles. The van der Waals surface area contributed by atoms with E-state index in [9.17, 15) is 0 Å². The zero-order chi connectivity index (χ0) is 12.6. The molecule has 0 saturated carbocycles. The fraction of sp³-hybridized carbons (Fsp3) is 0.769. The van der Waals surface area contributed by atoms with E-state index in [1.807, 2.05) is 18.4 Å². The summed E-state index contributed by atoms with van der Waals surface area (Å²) < 4.78 is 0. The lowest BCUT2D eigenvalue weighted by Gasteiger charge is -2.31. The summed E-state index contributed by atoms with van der Waals surface area (Å²) in [6.45, 7) is 10.1. The van der Waals surface area contributed by atoms with Gasteiger partial charge in [-0.3, -0.25) is 0 Å². The monoisotopic (exact) mass is 253 g/mol. The topological polar surface area (TPSA) is 28.2 Å². The first-order chi connectivity index (χ1) is 7.95. The van der Waals surface area contributed by atoms with E-state index in [0.717, 1.165) is 6.54 Å². The SMILES string of the molecule is CNC(C)c1sc(N2CCCC2(C)C)nc1C. The third kappa shape index (κ3) is 2.33. The molecule has 2 rings (SSSR count). The molecule has 0 bridgehead atoms. The average molecular weight is 253 g/mol. The Kier molecular flexibility index (Phi) is 3.46. The van der Waals surface area contributed by atoms with Crippen LogP contribution < -0.4 is 10.2 Å². The molecule has 3 nitrogen and oxygen atoms in total. The van der Waals surface area contributed by atoms with Gasteiger partial charge < -0.3 is 10.2 Å². The van der Waals surface area contributed by atoms with Crippen LogP contribution in [0, 0.1) is 6.92 Å². The van der Waals surface area contributed by atoms with Gasteiger partial charge in [0.25, 0.3) is 0 Å². The van der Waals surface area contributed by atoms with Gasteiger partial charge in [0, 0.05) is 23.0 Å². The summed E-state index contributed by atoms with van der Waals surface area (Å²) in [7, 11) is 2.00. The molecule has 1 aromatic rings. The van der Waals surface area contributed by atoms with Gasteiger partial charge >= 0.3 is 0 Å². The Bertz CT molecular complexity index is 397. The van der Waals surface area contributed by atoms with Gasteiger partial charge in [0.1, 0.15) is 0 Å². The number of thiazole rings is 1. The number of rotatable bonds is 3. The van der Waals surface area contributed by atoms with E-state index in [4.69, 9.17) is 4.98 Å². The van der Waals surface area contributed by atoms with E-state index in [1.54, 1.807) is 0 Å². The Balaban J connectivity index is 2.28. The summed E-state index contributed by atoms with van der Waals surface area (Å²) in [5.41, 5.74) is 1.44. The Labute approximate surface area is 108 Å². The van der Waals surface area contributed by atoms with Crippen molar-refractivity contribution in [3.05, 3.63) is 10.6 Å². The molecule has 1 N–H and O–H groups in total. The molecule has 1 fully saturated rings. The largest absolute Gasteiger partial charge is 0.343 e. The summed E-state index contributed by atoms with van der Waals surface area (Å²) in [5.74, 6) is 0. The van der Waals surface area contributed by atoms with Crippen LogP contribution in [0.3, 0.4) is 0 Å². The molecule has 17 heavy (non-hydrogen) atoms. The number of hydrogen-bond acceptors (Lipinski definition) is 4. The Hall–Kier alpha value is -0.610. The van der Waals surface area contributed by atoms with Crippen molar-refractivity contribution >= 4 is 16.5 Å². The number of nitrogens with one attached hydrogen (secondary N) is 1. The summed E-state index contributed by atoms with van der Waals surface area (Å²) in [4.78, 5) is 8.60.